The van der Waals surface area contributed by atoms with Gasteiger partial charge in [-0.1, -0.05) is 0 Å². The minimum atomic E-state index is -1.12. The van der Waals surface area contributed by atoms with E-state index in [1.165, 1.54) is 31.1 Å². The van der Waals surface area contributed by atoms with Gasteiger partial charge in [-0.05, 0) is 18.6 Å². The van der Waals surface area contributed by atoms with Crippen LogP contribution in [0.5, 0.6) is 5.88 Å². The molecule has 2 aliphatic heterocycles. The van der Waals surface area contributed by atoms with Crippen molar-refractivity contribution >= 4 is 23.0 Å². The fraction of sp³-hybridized carbons (Fsp3) is 0.417. The third kappa shape index (κ3) is 4.03. The smallest absolute Gasteiger partial charge is 0.269 e. The molecule has 0 aromatic carbocycles. The Morgan fingerprint density at radius 1 is 1.27 bits per heavy atom. The molecule has 194 valence electrons. The van der Waals surface area contributed by atoms with Crippen molar-refractivity contribution in [2.24, 2.45) is 0 Å². The van der Waals surface area contributed by atoms with Crippen molar-refractivity contribution in [1.29, 1.82) is 0 Å². The first kappa shape index (κ1) is 23.6. The highest BCUT2D eigenvalue weighted by Gasteiger charge is 2.36. The van der Waals surface area contributed by atoms with E-state index in [4.69, 9.17) is 9.47 Å². The molecule has 13 heteroatoms. The number of rotatable bonds is 6. The fourth-order valence-corrected chi connectivity index (χ4v) is 4.95. The number of hydrogen-bond donors (Lipinski definition) is 2. The van der Waals surface area contributed by atoms with Crippen molar-refractivity contribution < 1.29 is 23.0 Å². The Labute approximate surface area is 210 Å². The molecule has 6 rings (SSSR count). The van der Waals surface area contributed by atoms with E-state index < -0.39 is 18.0 Å². The van der Waals surface area contributed by atoms with Crippen LogP contribution in [0.1, 0.15) is 16.9 Å². The lowest BCUT2D eigenvalue weighted by atomic mass is 10.0. The van der Waals surface area contributed by atoms with Crippen LogP contribution in [-0.2, 0) is 4.74 Å². The topological polar surface area (TPSA) is 110 Å². The molecule has 0 saturated carbocycles. The summed E-state index contributed by atoms with van der Waals surface area (Å²) in [4.78, 5) is 23.0. The second-order valence-electron chi connectivity index (χ2n) is 9.20. The van der Waals surface area contributed by atoms with Gasteiger partial charge in [-0.2, -0.15) is 4.98 Å². The molecule has 0 unspecified atom stereocenters. The van der Waals surface area contributed by atoms with Crippen molar-refractivity contribution in [3.05, 3.63) is 42.2 Å². The molecule has 0 bridgehead atoms. The standard InChI is InChI=1S/C24H26F2N8O3/c1-27-22(35)18-7-28-19-4-3-13(8-33(18)19)20-16(26)10-34-21(20)23(36-2)30-24(31-34)29-17-5-6-32(9-15(17)25)14-11-37-12-14/h3-4,7-8,10,14-15,17H,5-6,9,11-12H2,1-2H3,(H,27,35)(H,29,31)/t15-,17-/m0/s1. The summed E-state index contributed by atoms with van der Waals surface area (Å²) in [6, 6.07) is 3.19. The third-order valence-corrected chi connectivity index (χ3v) is 7.02. The summed E-state index contributed by atoms with van der Waals surface area (Å²) >= 11 is 0. The number of piperidine rings is 1. The zero-order valence-corrected chi connectivity index (χ0v) is 20.3. The molecule has 2 saturated heterocycles. The number of carbonyl (C=O) groups excluding carboxylic acids is 1. The van der Waals surface area contributed by atoms with Gasteiger partial charge in [0.05, 0.1) is 50.4 Å². The van der Waals surface area contributed by atoms with Crippen LogP contribution in [0.3, 0.4) is 0 Å². The van der Waals surface area contributed by atoms with Crippen LogP contribution in [0, 0.1) is 5.82 Å². The zero-order chi connectivity index (χ0) is 25.7. The molecule has 6 heterocycles. The van der Waals surface area contributed by atoms with Gasteiger partial charge in [-0.25, -0.2) is 18.3 Å². The molecular weight excluding hydrogens is 486 g/mol. The van der Waals surface area contributed by atoms with Gasteiger partial charge >= 0.3 is 0 Å². The van der Waals surface area contributed by atoms with Crippen LogP contribution >= 0.6 is 0 Å². The van der Waals surface area contributed by atoms with Gasteiger partial charge in [-0.3, -0.25) is 14.1 Å². The van der Waals surface area contributed by atoms with Crippen LogP contribution in [0.4, 0.5) is 14.7 Å². The highest BCUT2D eigenvalue weighted by Crippen LogP contribution is 2.34. The van der Waals surface area contributed by atoms with E-state index in [9.17, 15) is 9.18 Å². The Morgan fingerprint density at radius 2 is 2.11 bits per heavy atom. The Bertz CT molecular complexity index is 1480. The van der Waals surface area contributed by atoms with Gasteiger partial charge < -0.3 is 20.1 Å². The van der Waals surface area contributed by atoms with Gasteiger partial charge in [0.15, 0.2) is 5.82 Å². The van der Waals surface area contributed by atoms with Gasteiger partial charge in [0.1, 0.15) is 23.0 Å². The number of ether oxygens (including phenoxy) is 2. The second-order valence-corrected chi connectivity index (χ2v) is 9.20. The lowest BCUT2D eigenvalue weighted by Crippen LogP contribution is -2.57. The molecule has 0 spiro atoms. The number of amides is 1. The number of nitrogens with one attached hydrogen (secondary N) is 2. The molecule has 37 heavy (non-hydrogen) atoms. The summed E-state index contributed by atoms with van der Waals surface area (Å²) in [7, 11) is 2.96. The zero-order valence-electron chi connectivity index (χ0n) is 20.3. The average molecular weight is 513 g/mol. The average Bonchev–Trinajstić information content (AvgIpc) is 3.43. The highest BCUT2D eigenvalue weighted by atomic mass is 19.1. The summed E-state index contributed by atoms with van der Waals surface area (Å²) in [5.74, 6) is -0.592. The molecule has 2 aliphatic rings. The van der Waals surface area contributed by atoms with E-state index in [1.54, 1.807) is 22.7 Å². The van der Waals surface area contributed by atoms with Crippen LogP contribution in [-0.4, -0.2) is 93.5 Å². The number of carbonyl (C=O) groups is 1. The molecule has 2 fully saturated rings. The van der Waals surface area contributed by atoms with Crippen molar-refractivity contribution in [1.82, 2.24) is 34.2 Å². The minimum absolute atomic E-state index is 0.133. The lowest BCUT2D eigenvalue weighted by molar-refractivity contribution is -0.0794. The van der Waals surface area contributed by atoms with Crippen LogP contribution in [0.15, 0.2) is 30.7 Å². The van der Waals surface area contributed by atoms with Crippen LogP contribution in [0.2, 0.25) is 0 Å². The molecular formula is C24H26F2N8O3. The normalized spacial score (nSPS) is 20.8. The maximum absolute atomic E-state index is 15.3. The maximum atomic E-state index is 15.3. The summed E-state index contributed by atoms with van der Waals surface area (Å²) < 4.78 is 44.0. The van der Waals surface area contributed by atoms with E-state index in [2.05, 4.69) is 30.6 Å². The maximum Gasteiger partial charge on any atom is 0.269 e. The van der Waals surface area contributed by atoms with Gasteiger partial charge in [0, 0.05) is 31.9 Å². The number of anilines is 1. The van der Waals surface area contributed by atoms with E-state index in [0.29, 0.717) is 48.6 Å². The van der Waals surface area contributed by atoms with Crippen LogP contribution in [0.25, 0.3) is 22.3 Å². The summed E-state index contributed by atoms with van der Waals surface area (Å²) in [5.41, 5.74) is 1.85. The number of imidazole rings is 1. The van der Waals surface area contributed by atoms with E-state index in [-0.39, 0.29) is 29.3 Å². The molecule has 1 amide bonds. The number of nitrogens with zero attached hydrogens (tertiary/aromatic N) is 6. The number of pyridine rings is 1. The first-order valence-electron chi connectivity index (χ1n) is 12.0. The first-order chi connectivity index (χ1) is 18.0. The van der Waals surface area contributed by atoms with E-state index >= 15 is 4.39 Å². The quantitative estimate of drug-likeness (QED) is 0.402. The number of likely N-dealkylation sites (tertiary alicyclic amines) is 1. The van der Waals surface area contributed by atoms with Crippen molar-refractivity contribution in [3.8, 4) is 17.0 Å². The van der Waals surface area contributed by atoms with Gasteiger partial charge in [0.25, 0.3) is 5.91 Å². The minimum Gasteiger partial charge on any atom is -0.479 e. The number of methoxy groups -OCH3 is 1. The molecule has 11 nitrogen and oxygen atoms in total. The number of fused-ring (bicyclic) bond motifs is 2. The fourth-order valence-electron chi connectivity index (χ4n) is 4.95. The largest absolute Gasteiger partial charge is 0.479 e. The van der Waals surface area contributed by atoms with Crippen molar-refractivity contribution in [3.63, 3.8) is 0 Å². The van der Waals surface area contributed by atoms with E-state index in [1.807, 2.05) is 0 Å². The Balaban J connectivity index is 1.33. The third-order valence-electron chi connectivity index (χ3n) is 7.02. The van der Waals surface area contributed by atoms with Gasteiger partial charge in [0.2, 0.25) is 11.8 Å². The SMILES string of the molecule is CNC(=O)c1cnc2ccc(-c3c(F)cn4nc(N[C@H]5CCN(C6COC6)C[C@@H]5F)nc(OC)c34)cn12. The lowest BCUT2D eigenvalue weighted by Gasteiger charge is -2.42. The van der Waals surface area contributed by atoms with Crippen molar-refractivity contribution in [2.75, 3.05) is 45.8 Å². The molecule has 0 radical (unpaired) electrons. The Morgan fingerprint density at radius 3 is 2.81 bits per heavy atom. The first-order valence-corrected chi connectivity index (χ1v) is 12.0. The number of hydrogen-bond acceptors (Lipinski definition) is 8. The molecule has 2 N–H and O–H groups in total. The summed E-state index contributed by atoms with van der Waals surface area (Å²) in [5, 5.41) is 10.0. The summed E-state index contributed by atoms with van der Waals surface area (Å²) in [6.07, 6.45) is 3.77. The molecule has 2 atom stereocenters. The number of halogens is 2. The molecule has 0 aliphatic carbocycles. The van der Waals surface area contributed by atoms with Crippen LogP contribution < -0.4 is 15.4 Å². The highest BCUT2D eigenvalue weighted by molar-refractivity contribution is 5.93. The number of aromatic nitrogens is 5. The molecule has 4 aromatic rings. The number of alkyl halides is 1. The Kier molecular flexibility index (Phi) is 5.88. The predicted octanol–water partition coefficient (Wildman–Crippen LogP) is 1.77. The monoisotopic (exact) mass is 512 g/mol. The van der Waals surface area contributed by atoms with E-state index in [0.717, 1.165) is 6.54 Å². The summed E-state index contributed by atoms with van der Waals surface area (Å²) in [6.45, 7) is 2.33. The second kappa shape index (κ2) is 9.23. The van der Waals surface area contributed by atoms with Gasteiger partial charge in [-0.15, -0.1) is 5.10 Å². The van der Waals surface area contributed by atoms with Crippen molar-refractivity contribution in [2.45, 2.75) is 24.7 Å². The predicted molar refractivity (Wildman–Crippen MR) is 130 cm³/mol. The molecule has 4 aromatic heterocycles. The Hall–Kier alpha value is -3.84.